The van der Waals surface area contributed by atoms with Gasteiger partial charge in [0.25, 0.3) is 26.1 Å². The number of nitrogens with zero attached hydrogens (tertiary/aromatic N) is 2. The van der Waals surface area contributed by atoms with Gasteiger partial charge in [0.1, 0.15) is 42.6 Å². The second-order valence-corrected chi connectivity index (χ2v) is 18.8. The Labute approximate surface area is 356 Å². The van der Waals surface area contributed by atoms with Crippen LogP contribution in [0.1, 0.15) is 11.1 Å². The van der Waals surface area contributed by atoms with E-state index in [1.54, 1.807) is 50.2 Å². The van der Waals surface area contributed by atoms with E-state index in [0.717, 1.165) is 34.4 Å². The molecule has 6 aromatic carbocycles. The summed E-state index contributed by atoms with van der Waals surface area (Å²) in [5.41, 5.74) is 5.94. The number of fused-ring (bicyclic) bond motifs is 3. The monoisotopic (exact) mass is 913 g/mol. The SMILES string of the molecule is Cc1cc(S(=O)(=O)O)c2nc(-c3ccccc3)[nH]c2c1.Cc1cc(S(=O)(=O)[O-])c2[nH+]c(-c3ccccc3)[nH]c2c1.O=S([O-])c1cc(S(=O)(=O)O)cc2[nH]c(-c3ccccc3)nc12. The van der Waals surface area contributed by atoms with Crippen LogP contribution in [0.5, 0.6) is 0 Å². The lowest BCUT2D eigenvalue weighted by molar-refractivity contribution is -0.332. The fraction of sp³-hybridized carbons (Fsp3) is 0.0488. The molecule has 21 heteroatoms. The zero-order valence-electron chi connectivity index (χ0n) is 32.2. The van der Waals surface area contributed by atoms with E-state index in [4.69, 9.17) is 4.55 Å². The third-order valence-electron chi connectivity index (χ3n) is 9.16. The Bertz CT molecular complexity index is 3340. The lowest BCUT2D eigenvalue weighted by Crippen LogP contribution is -2.08. The molecule has 9 rings (SSSR count). The predicted octanol–water partition coefficient (Wildman–Crippen LogP) is 6.36. The number of nitrogens with one attached hydrogen (secondary N) is 4. The van der Waals surface area contributed by atoms with Gasteiger partial charge in [-0.2, -0.15) is 16.8 Å². The van der Waals surface area contributed by atoms with E-state index >= 15 is 0 Å². The summed E-state index contributed by atoms with van der Waals surface area (Å²) in [4.78, 5) is 19.3. The van der Waals surface area contributed by atoms with E-state index in [0.29, 0.717) is 39.6 Å². The highest BCUT2D eigenvalue weighted by atomic mass is 32.2. The lowest BCUT2D eigenvalue weighted by Gasteiger charge is -2.07. The van der Waals surface area contributed by atoms with Crippen LogP contribution in [0.25, 0.3) is 67.3 Å². The Morgan fingerprint density at radius 1 is 0.581 bits per heavy atom. The van der Waals surface area contributed by atoms with Crippen LogP contribution in [-0.2, 0) is 41.4 Å². The molecule has 62 heavy (non-hydrogen) atoms. The largest absolute Gasteiger partial charge is 0.768 e. The first-order chi connectivity index (χ1) is 29.3. The molecule has 0 saturated carbocycles. The highest BCUT2D eigenvalue weighted by Gasteiger charge is 2.21. The highest BCUT2D eigenvalue weighted by Crippen LogP contribution is 2.29. The first-order valence-corrected chi connectivity index (χ1v) is 23.4. The Morgan fingerprint density at radius 3 is 1.53 bits per heavy atom. The Kier molecular flexibility index (Phi) is 12.1. The van der Waals surface area contributed by atoms with E-state index in [1.165, 1.54) is 12.1 Å². The quantitative estimate of drug-likeness (QED) is 0.0860. The third-order valence-corrected chi connectivity index (χ3v) is 12.4. The van der Waals surface area contributed by atoms with Crippen molar-refractivity contribution in [2.24, 2.45) is 0 Å². The van der Waals surface area contributed by atoms with Crippen LogP contribution in [0.4, 0.5) is 0 Å². The van der Waals surface area contributed by atoms with Gasteiger partial charge in [-0.25, -0.2) is 28.4 Å². The summed E-state index contributed by atoms with van der Waals surface area (Å²) in [5, 5.41) is 0. The van der Waals surface area contributed by atoms with Gasteiger partial charge in [-0.3, -0.25) is 13.3 Å². The summed E-state index contributed by atoms with van der Waals surface area (Å²) in [6.45, 7) is 3.51. The van der Waals surface area contributed by atoms with Gasteiger partial charge in [-0.1, -0.05) is 78.9 Å². The third kappa shape index (κ3) is 9.70. The van der Waals surface area contributed by atoms with Gasteiger partial charge in [-0.15, -0.1) is 0 Å². The van der Waals surface area contributed by atoms with Crippen LogP contribution in [0.2, 0.25) is 0 Å². The fourth-order valence-corrected chi connectivity index (χ4v) is 9.06. The minimum Gasteiger partial charge on any atom is -0.768 e. The predicted molar refractivity (Wildman–Crippen MR) is 228 cm³/mol. The second kappa shape index (κ2) is 17.1. The number of aromatic nitrogens is 6. The maximum atomic E-state index is 11.4. The number of aromatic amines is 4. The van der Waals surface area contributed by atoms with Gasteiger partial charge in [0.2, 0.25) is 0 Å². The van der Waals surface area contributed by atoms with Gasteiger partial charge >= 0.3 is 0 Å². The average molecular weight is 914 g/mol. The molecular formula is C41H33N6O11S4-. The van der Waals surface area contributed by atoms with Crippen molar-refractivity contribution in [2.75, 3.05) is 0 Å². The molecule has 0 saturated heterocycles. The summed E-state index contributed by atoms with van der Waals surface area (Å²) < 4.78 is 121. The zero-order valence-corrected chi connectivity index (χ0v) is 35.5. The van der Waals surface area contributed by atoms with E-state index in [9.17, 15) is 43.1 Å². The van der Waals surface area contributed by atoms with Crippen LogP contribution in [-0.4, -0.2) is 72.6 Å². The average Bonchev–Trinajstić information content (AvgIpc) is 3.97. The summed E-state index contributed by atoms with van der Waals surface area (Å²) in [6, 6.07) is 36.1. The summed E-state index contributed by atoms with van der Waals surface area (Å²) in [5.74, 6) is 1.63. The minimum atomic E-state index is -4.53. The van der Waals surface area contributed by atoms with Gasteiger partial charge in [0.05, 0.1) is 26.4 Å². The molecule has 3 aromatic heterocycles. The Balaban J connectivity index is 0.000000140. The molecule has 318 valence electrons. The molecule has 0 radical (unpaired) electrons. The molecule has 0 aliphatic rings. The molecular weight excluding hydrogens is 881 g/mol. The van der Waals surface area contributed by atoms with E-state index in [1.807, 2.05) is 66.7 Å². The first-order valence-electron chi connectivity index (χ1n) is 18.0. The molecule has 1 atom stereocenters. The van der Waals surface area contributed by atoms with Crippen molar-refractivity contribution in [1.82, 2.24) is 24.9 Å². The summed E-state index contributed by atoms with van der Waals surface area (Å²) in [6.07, 6.45) is 0. The van der Waals surface area contributed by atoms with Crippen molar-refractivity contribution >= 4 is 74.5 Å². The van der Waals surface area contributed by atoms with Gasteiger partial charge in [-0.05, 0) is 84.6 Å². The number of benzene rings is 6. The zero-order chi connectivity index (χ0) is 44.6. The van der Waals surface area contributed by atoms with Crippen molar-refractivity contribution in [2.45, 2.75) is 33.4 Å². The number of aryl methyl sites for hydroxylation is 2. The molecule has 9 aromatic rings. The molecule has 0 bridgehead atoms. The number of hydrogen-bond acceptors (Lipinski definition) is 11. The first kappa shape index (κ1) is 43.7. The van der Waals surface area contributed by atoms with Crippen molar-refractivity contribution in [1.29, 1.82) is 0 Å². The topological polar surface area (TPSA) is 293 Å². The number of hydrogen-bond donors (Lipinski definition) is 5. The standard InChI is InChI=1S/2C14H12N2O3S.C13H10N2O5S2/c2*1-9-7-11-13(12(8-9)20(17,18)19)16-14(15-11)10-5-3-2-4-6-10;16-21(17)11-7-9(22(18,19)20)6-10-12(11)15-13(14-10)8-4-2-1-3-5-8/h2*2-8H,1H3,(H,15,16)(H,17,18,19);1-7H,(H,14,15)(H,16,17)(H,18,19,20)/p-1. The second-order valence-electron chi connectivity index (χ2n) is 13.7. The van der Waals surface area contributed by atoms with E-state index in [2.05, 4.69) is 29.9 Å². The normalized spacial score (nSPS) is 12.4. The van der Waals surface area contributed by atoms with Crippen LogP contribution in [0, 0.1) is 13.8 Å². The molecule has 0 spiro atoms. The maximum absolute atomic E-state index is 11.4. The van der Waals surface area contributed by atoms with Crippen LogP contribution in [0.3, 0.4) is 0 Å². The van der Waals surface area contributed by atoms with Crippen LogP contribution >= 0.6 is 0 Å². The maximum Gasteiger partial charge on any atom is 0.296 e. The van der Waals surface area contributed by atoms with Crippen molar-refractivity contribution in [3.63, 3.8) is 0 Å². The molecule has 6 N–H and O–H groups in total. The molecule has 1 unspecified atom stereocenters. The molecule has 0 fully saturated rings. The summed E-state index contributed by atoms with van der Waals surface area (Å²) in [7, 11) is -13.4. The Morgan fingerprint density at radius 2 is 1.05 bits per heavy atom. The van der Waals surface area contributed by atoms with Gasteiger partial charge < -0.3 is 19.1 Å². The van der Waals surface area contributed by atoms with Crippen molar-refractivity contribution < 1.29 is 52.7 Å². The minimum absolute atomic E-state index is 0.111. The van der Waals surface area contributed by atoms with Gasteiger partial charge in [0.15, 0.2) is 11.0 Å². The fourth-order valence-electron chi connectivity index (χ4n) is 6.44. The van der Waals surface area contributed by atoms with E-state index in [-0.39, 0.29) is 31.2 Å². The lowest BCUT2D eigenvalue weighted by atomic mass is 10.2. The van der Waals surface area contributed by atoms with Crippen molar-refractivity contribution in [3.8, 4) is 34.2 Å². The van der Waals surface area contributed by atoms with E-state index < -0.39 is 46.3 Å². The summed E-state index contributed by atoms with van der Waals surface area (Å²) >= 11 is -2.70. The molecule has 0 aliphatic carbocycles. The number of H-pyrrole nitrogens is 4. The van der Waals surface area contributed by atoms with Crippen LogP contribution < -0.4 is 4.98 Å². The van der Waals surface area contributed by atoms with Crippen molar-refractivity contribution in [3.05, 3.63) is 139 Å². The molecule has 0 aliphatic heterocycles. The van der Waals surface area contributed by atoms with Gasteiger partial charge in [0, 0.05) is 11.1 Å². The number of rotatable bonds is 7. The highest BCUT2D eigenvalue weighted by molar-refractivity contribution is 7.86. The van der Waals surface area contributed by atoms with Crippen LogP contribution in [0.15, 0.2) is 147 Å². The molecule has 0 amide bonds. The Hall–Kier alpha value is -6.43. The smallest absolute Gasteiger partial charge is 0.296 e. The molecule has 17 nitrogen and oxygen atoms in total. The number of imidazole rings is 3. The molecule has 3 heterocycles.